The lowest BCUT2D eigenvalue weighted by Gasteiger charge is -2.16. The van der Waals surface area contributed by atoms with Crippen LogP contribution in [0, 0.1) is 0 Å². The van der Waals surface area contributed by atoms with Gasteiger partial charge < -0.3 is 10.1 Å². The van der Waals surface area contributed by atoms with Crippen LogP contribution in [0.25, 0.3) is 0 Å². The molecule has 18 heavy (non-hydrogen) atoms. The Hall–Kier alpha value is -1.39. The van der Waals surface area contributed by atoms with Gasteiger partial charge in [0.15, 0.2) is 6.61 Å². The topological polar surface area (TPSA) is 21.3 Å². The number of rotatable bonds is 6. The van der Waals surface area contributed by atoms with Crippen LogP contribution < -0.4 is 10.1 Å². The molecule has 0 radical (unpaired) electrons. The maximum absolute atomic E-state index is 11.9. The number of benzene rings is 1. The van der Waals surface area contributed by atoms with Crippen LogP contribution in [-0.2, 0) is 0 Å². The predicted octanol–water partition coefficient (Wildman–Crippen LogP) is 4.23. The second-order valence-electron chi connectivity index (χ2n) is 4.09. The molecule has 0 bridgehead atoms. The number of halogens is 3. The Balaban J connectivity index is 2.52. The Morgan fingerprint density at radius 1 is 1.11 bits per heavy atom. The van der Waals surface area contributed by atoms with Crippen molar-refractivity contribution >= 4 is 5.69 Å². The van der Waals surface area contributed by atoms with Gasteiger partial charge in [0, 0.05) is 11.7 Å². The van der Waals surface area contributed by atoms with E-state index in [1.807, 2.05) is 0 Å². The Bertz CT molecular complexity index is 344. The van der Waals surface area contributed by atoms with Crippen molar-refractivity contribution in [3.05, 3.63) is 24.3 Å². The lowest BCUT2D eigenvalue weighted by Crippen LogP contribution is -2.19. The second-order valence-corrected chi connectivity index (χ2v) is 4.09. The first-order valence-electron chi connectivity index (χ1n) is 6.00. The molecule has 1 aromatic carbocycles. The van der Waals surface area contributed by atoms with Crippen molar-refractivity contribution in [1.82, 2.24) is 0 Å². The summed E-state index contributed by atoms with van der Waals surface area (Å²) in [4.78, 5) is 0. The largest absolute Gasteiger partial charge is 0.484 e. The summed E-state index contributed by atoms with van der Waals surface area (Å²) >= 11 is 0. The third-order valence-electron chi connectivity index (χ3n) is 2.61. The molecule has 0 aliphatic carbocycles. The summed E-state index contributed by atoms with van der Waals surface area (Å²) in [6.07, 6.45) is -2.29. The van der Waals surface area contributed by atoms with Crippen LogP contribution in [-0.4, -0.2) is 18.8 Å². The van der Waals surface area contributed by atoms with E-state index in [1.165, 1.54) is 12.1 Å². The van der Waals surface area contributed by atoms with Crippen LogP contribution in [0.5, 0.6) is 5.75 Å². The quantitative estimate of drug-likeness (QED) is 0.827. The van der Waals surface area contributed by atoms with E-state index in [9.17, 15) is 13.2 Å². The highest BCUT2D eigenvalue weighted by Gasteiger charge is 2.28. The summed E-state index contributed by atoms with van der Waals surface area (Å²) < 4.78 is 40.5. The van der Waals surface area contributed by atoms with Crippen molar-refractivity contribution in [2.45, 2.75) is 38.9 Å². The van der Waals surface area contributed by atoms with Crippen LogP contribution >= 0.6 is 0 Å². The maximum Gasteiger partial charge on any atom is 0.422 e. The zero-order chi connectivity index (χ0) is 13.6. The smallest absolute Gasteiger partial charge is 0.422 e. The molecule has 5 heteroatoms. The molecule has 0 fully saturated rings. The van der Waals surface area contributed by atoms with Gasteiger partial charge in [-0.25, -0.2) is 0 Å². The van der Waals surface area contributed by atoms with Crippen molar-refractivity contribution in [2.24, 2.45) is 0 Å². The highest BCUT2D eigenvalue weighted by atomic mass is 19.4. The molecule has 0 unspecified atom stereocenters. The van der Waals surface area contributed by atoms with E-state index in [1.54, 1.807) is 12.1 Å². The molecule has 0 saturated heterocycles. The molecule has 1 N–H and O–H groups in total. The van der Waals surface area contributed by atoms with Crippen molar-refractivity contribution in [2.75, 3.05) is 11.9 Å². The molecule has 0 aromatic heterocycles. The number of hydrogen-bond acceptors (Lipinski definition) is 2. The summed E-state index contributed by atoms with van der Waals surface area (Å²) in [6.45, 7) is 2.91. The Morgan fingerprint density at radius 2 is 1.67 bits per heavy atom. The average Bonchev–Trinajstić information content (AvgIpc) is 2.34. The van der Waals surface area contributed by atoms with Gasteiger partial charge in [-0.15, -0.1) is 0 Å². The number of ether oxygens (including phenoxy) is 1. The first-order chi connectivity index (χ1) is 8.44. The van der Waals surface area contributed by atoms with E-state index in [4.69, 9.17) is 0 Å². The van der Waals surface area contributed by atoms with Crippen LogP contribution in [0.1, 0.15) is 26.7 Å². The lowest BCUT2D eigenvalue weighted by molar-refractivity contribution is -0.153. The molecule has 1 rings (SSSR count). The number of nitrogens with one attached hydrogen (secondary N) is 1. The molecule has 0 heterocycles. The molecular formula is C13H18F3NO. The van der Waals surface area contributed by atoms with Crippen LogP contribution in [0.3, 0.4) is 0 Å². The molecular weight excluding hydrogens is 243 g/mol. The molecule has 2 nitrogen and oxygen atoms in total. The molecule has 1 aromatic rings. The third kappa shape index (κ3) is 5.29. The third-order valence-corrected chi connectivity index (χ3v) is 2.61. The van der Waals surface area contributed by atoms with Gasteiger partial charge in [-0.3, -0.25) is 0 Å². The monoisotopic (exact) mass is 261 g/mol. The van der Waals surface area contributed by atoms with Crippen LogP contribution in [0.4, 0.5) is 18.9 Å². The lowest BCUT2D eigenvalue weighted by atomic mass is 10.1. The van der Waals surface area contributed by atoms with Gasteiger partial charge >= 0.3 is 6.18 Å². The first kappa shape index (κ1) is 14.7. The van der Waals surface area contributed by atoms with E-state index in [2.05, 4.69) is 23.9 Å². The van der Waals surface area contributed by atoms with Crippen molar-refractivity contribution < 1.29 is 17.9 Å². The summed E-state index contributed by atoms with van der Waals surface area (Å²) in [7, 11) is 0. The fourth-order valence-corrected chi connectivity index (χ4v) is 1.54. The zero-order valence-corrected chi connectivity index (χ0v) is 10.6. The SMILES string of the molecule is CCC(CC)Nc1ccc(OCC(F)(F)F)cc1. The van der Waals surface area contributed by atoms with Crippen LogP contribution in [0.2, 0.25) is 0 Å². The minimum absolute atomic E-state index is 0.224. The van der Waals surface area contributed by atoms with Crippen molar-refractivity contribution in [3.63, 3.8) is 0 Å². The van der Waals surface area contributed by atoms with Gasteiger partial charge in [-0.05, 0) is 37.1 Å². The molecule has 0 aliphatic heterocycles. The van der Waals surface area contributed by atoms with Gasteiger partial charge in [0.05, 0.1) is 0 Å². The van der Waals surface area contributed by atoms with Gasteiger partial charge in [-0.1, -0.05) is 13.8 Å². The molecule has 0 saturated carbocycles. The summed E-state index contributed by atoms with van der Waals surface area (Å²) in [5.74, 6) is 0.224. The summed E-state index contributed by atoms with van der Waals surface area (Å²) in [5.41, 5.74) is 0.892. The van der Waals surface area contributed by atoms with E-state index in [0.717, 1.165) is 18.5 Å². The highest BCUT2D eigenvalue weighted by Crippen LogP contribution is 2.21. The molecule has 102 valence electrons. The second kappa shape index (κ2) is 6.52. The van der Waals surface area contributed by atoms with Gasteiger partial charge in [0.1, 0.15) is 5.75 Å². The van der Waals surface area contributed by atoms with Crippen LogP contribution in [0.15, 0.2) is 24.3 Å². The summed E-state index contributed by atoms with van der Waals surface area (Å²) in [5, 5.41) is 3.30. The van der Waals surface area contributed by atoms with E-state index in [0.29, 0.717) is 6.04 Å². The molecule has 0 amide bonds. The number of alkyl halides is 3. The van der Waals surface area contributed by atoms with Gasteiger partial charge in [0.2, 0.25) is 0 Å². The van der Waals surface area contributed by atoms with E-state index in [-0.39, 0.29) is 5.75 Å². The van der Waals surface area contributed by atoms with E-state index >= 15 is 0 Å². The fraction of sp³-hybridized carbons (Fsp3) is 0.538. The standard InChI is InChI=1S/C13H18F3NO/c1-3-10(4-2)17-11-5-7-12(8-6-11)18-9-13(14,15)16/h5-8,10,17H,3-4,9H2,1-2H3. The first-order valence-corrected chi connectivity index (χ1v) is 6.00. The minimum atomic E-state index is -4.30. The molecule has 0 spiro atoms. The number of anilines is 1. The van der Waals surface area contributed by atoms with Crippen molar-refractivity contribution in [1.29, 1.82) is 0 Å². The van der Waals surface area contributed by atoms with Gasteiger partial charge in [0.25, 0.3) is 0 Å². The van der Waals surface area contributed by atoms with Crippen molar-refractivity contribution in [3.8, 4) is 5.75 Å². The fourth-order valence-electron chi connectivity index (χ4n) is 1.54. The summed E-state index contributed by atoms with van der Waals surface area (Å²) in [6, 6.07) is 6.91. The number of hydrogen-bond donors (Lipinski definition) is 1. The average molecular weight is 261 g/mol. The maximum atomic E-state index is 11.9. The zero-order valence-electron chi connectivity index (χ0n) is 10.6. The molecule has 0 aliphatic rings. The normalized spacial score (nSPS) is 11.7. The van der Waals surface area contributed by atoms with Gasteiger partial charge in [-0.2, -0.15) is 13.2 Å². The minimum Gasteiger partial charge on any atom is -0.484 e. The Morgan fingerprint density at radius 3 is 2.11 bits per heavy atom. The Kier molecular flexibility index (Phi) is 5.31. The predicted molar refractivity (Wildman–Crippen MR) is 66.0 cm³/mol. The Labute approximate surface area is 105 Å². The van der Waals surface area contributed by atoms with E-state index < -0.39 is 12.8 Å². The highest BCUT2D eigenvalue weighted by molar-refractivity contribution is 5.47. The molecule has 0 atom stereocenters.